The summed E-state index contributed by atoms with van der Waals surface area (Å²) in [7, 11) is 0. The number of nitriles is 2. The summed E-state index contributed by atoms with van der Waals surface area (Å²) >= 11 is 0. The number of hydrogen-bond acceptors (Lipinski definition) is 3. The van der Waals surface area contributed by atoms with Gasteiger partial charge in [0, 0.05) is 6.20 Å². The predicted octanol–water partition coefficient (Wildman–Crippen LogP) is 1.44. The molecule has 0 radical (unpaired) electrons. The highest BCUT2D eigenvalue weighted by Gasteiger charge is 2.06. The highest BCUT2D eigenvalue weighted by molar-refractivity contribution is 5.47. The van der Waals surface area contributed by atoms with Crippen LogP contribution in [0.3, 0.4) is 0 Å². The Bertz CT molecular complexity index is 393. The van der Waals surface area contributed by atoms with E-state index in [4.69, 9.17) is 10.5 Å². The van der Waals surface area contributed by atoms with Crippen LogP contribution < -0.4 is 0 Å². The Hall–Kier alpha value is -1.87. The van der Waals surface area contributed by atoms with Gasteiger partial charge < -0.3 is 0 Å². The number of hydrogen-bond donors (Lipinski definition) is 0. The fraction of sp³-hybridized carbons (Fsp3) is 0.222. The molecule has 0 spiro atoms. The minimum absolute atomic E-state index is 0.470. The first-order chi connectivity index (χ1) is 5.70. The van der Waals surface area contributed by atoms with E-state index in [2.05, 4.69) is 4.98 Å². The molecule has 0 saturated carbocycles. The molecule has 0 aromatic carbocycles. The first kappa shape index (κ1) is 8.23. The van der Waals surface area contributed by atoms with Crippen LogP contribution in [0.25, 0.3) is 0 Å². The predicted molar refractivity (Wildman–Crippen MR) is 43.1 cm³/mol. The summed E-state index contributed by atoms with van der Waals surface area (Å²) in [5.41, 5.74) is 2.37. The molecule has 0 aliphatic carbocycles. The molecule has 12 heavy (non-hydrogen) atoms. The van der Waals surface area contributed by atoms with Crippen molar-refractivity contribution in [2.24, 2.45) is 0 Å². The van der Waals surface area contributed by atoms with Gasteiger partial charge in [0.25, 0.3) is 0 Å². The Labute approximate surface area is 70.9 Å². The first-order valence-electron chi connectivity index (χ1n) is 3.47. The van der Waals surface area contributed by atoms with Gasteiger partial charge in [-0.1, -0.05) is 0 Å². The molecule has 3 nitrogen and oxygen atoms in total. The molecule has 3 heteroatoms. The van der Waals surface area contributed by atoms with E-state index in [1.807, 2.05) is 12.1 Å². The molecule has 0 aliphatic heterocycles. The lowest BCUT2D eigenvalue weighted by Crippen LogP contribution is -1.95. The number of pyridine rings is 1. The van der Waals surface area contributed by atoms with Crippen molar-refractivity contribution in [2.75, 3.05) is 0 Å². The Morgan fingerprint density at radius 1 is 1.25 bits per heavy atom. The number of nitrogens with zero attached hydrogens (tertiary/aromatic N) is 3. The third-order valence-corrected chi connectivity index (χ3v) is 1.76. The van der Waals surface area contributed by atoms with Gasteiger partial charge in [-0.15, -0.1) is 0 Å². The van der Waals surface area contributed by atoms with Crippen LogP contribution in [-0.4, -0.2) is 4.98 Å². The van der Waals surface area contributed by atoms with Crippen LogP contribution in [0.2, 0.25) is 0 Å². The average Bonchev–Trinajstić information content (AvgIpc) is 2.06. The van der Waals surface area contributed by atoms with Crippen molar-refractivity contribution >= 4 is 0 Å². The van der Waals surface area contributed by atoms with Crippen molar-refractivity contribution < 1.29 is 0 Å². The van der Waals surface area contributed by atoms with E-state index in [0.29, 0.717) is 22.4 Å². The Morgan fingerprint density at radius 2 is 1.92 bits per heavy atom. The van der Waals surface area contributed by atoms with E-state index in [0.717, 1.165) is 0 Å². The highest BCUT2D eigenvalue weighted by Crippen LogP contribution is 2.13. The van der Waals surface area contributed by atoms with E-state index in [1.165, 1.54) is 6.20 Å². The lowest BCUT2D eigenvalue weighted by atomic mass is 10.1. The molecule has 0 fully saturated rings. The van der Waals surface area contributed by atoms with Gasteiger partial charge in [-0.25, -0.2) is 0 Å². The Balaban J connectivity index is 3.50. The van der Waals surface area contributed by atoms with E-state index in [1.54, 1.807) is 13.8 Å². The summed E-state index contributed by atoms with van der Waals surface area (Å²) in [4.78, 5) is 3.94. The van der Waals surface area contributed by atoms with Crippen molar-refractivity contribution in [3.8, 4) is 12.1 Å². The van der Waals surface area contributed by atoms with Crippen molar-refractivity contribution in [2.45, 2.75) is 13.8 Å². The summed E-state index contributed by atoms with van der Waals surface area (Å²) < 4.78 is 0. The second-order valence-corrected chi connectivity index (χ2v) is 2.48. The quantitative estimate of drug-likeness (QED) is 0.572. The number of aryl methyl sites for hydroxylation is 1. The third kappa shape index (κ3) is 1.13. The number of rotatable bonds is 0. The SMILES string of the molecule is Cc1ncc(C#N)c(C)c1C#N. The first-order valence-corrected chi connectivity index (χ1v) is 3.47. The van der Waals surface area contributed by atoms with E-state index in [9.17, 15) is 0 Å². The maximum Gasteiger partial charge on any atom is 0.101 e. The van der Waals surface area contributed by atoms with Gasteiger partial charge in [-0.2, -0.15) is 10.5 Å². The van der Waals surface area contributed by atoms with Crippen LogP contribution >= 0.6 is 0 Å². The monoisotopic (exact) mass is 157 g/mol. The summed E-state index contributed by atoms with van der Waals surface area (Å²) in [5, 5.41) is 17.3. The normalized spacial score (nSPS) is 8.67. The molecule has 1 aromatic heterocycles. The molecule has 0 bridgehead atoms. The molecule has 1 rings (SSSR count). The van der Waals surface area contributed by atoms with Gasteiger partial charge in [0.05, 0.1) is 16.8 Å². The van der Waals surface area contributed by atoms with Crippen LogP contribution in [0.5, 0.6) is 0 Å². The zero-order chi connectivity index (χ0) is 9.14. The maximum absolute atomic E-state index is 8.72. The molecule has 0 N–H and O–H groups in total. The van der Waals surface area contributed by atoms with Crippen molar-refractivity contribution in [3.05, 3.63) is 28.6 Å². The summed E-state index contributed by atoms with van der Waals surface area (Å²) in [6, 6.07) is 4.01. The molecule has 0 atom stereocenters. The molecule has 0 aliphatic rings. The zero-order valence-corrected chi connectivity index (χ0v) is 6.92. The van der Waals surface area contributed by atoms with Gasteiger partial charge in [-0.3, -0.25) is 4.98 Å². The largest absolute Gasteiger partial charge is 0.259 e. The third-order valence-electron chi connectivity index (χ3n) is 1.76. The van der Waals surface area contributed by atoms with E-state index >= 15 is 0 Å². The summed E-state index contributed by atoms with van der Waals surface area (Å²) in [5.74, 6) is 0. The van der Waals surface area contributed by atoms with Crippen molar-refractivity contribution in [1.82, 2.24) is 4.98 Å². The zero-order valence-electron chi connectivity index (χ0n) is 6.92. The van der Waals surface area contributed by atoms with E-state index in [-0.39, 0.29) is 0 Å². The van der Waals surface area contributed by atoms with Crippen LogP contribution in [0.1, 0.15) is 22.4 Å². The molecule has 1 aromatic rings. The smallest absolute Gasteiger partial charge is 0.101 e. The van der Waals surface area contributed by atoms with Gasteiger partial charge >= 0.3 is 0 Å². The lowest BCUT2D eigenvalue weighted by molar-refractivity contribution is 1.14. The minimum atomic E-state index is 0.470. The molecule has 0 saturated heterocycles. The summed E-state index contributed by atoms with van der Waals surface area (Å²) in [6.07, 6.45) is 1.49. The molecule has 0 unspecified atom stereocenters. The van der Waals surface area contributed by atoms with Gasteiger partial charge in [0.2, 0.25) is 0 Å². The minimum Gasteiger partial charge on any atom is -0.259 e. The fourth-order valence-corrected chi connectivity index (χ4v) is 1.01. The standard InChI is InChI=1S/C9H7N3/c1-6-8(3-10)5-12-7(2)9(6)4-11/h5H,1-2H3. The Kier molecular flexibility index (Phi) is 2.07. The fourth-order valence-electron chi connectivity index (χ4n) is 1.01. The second-order valence-electron chi connectivity index (χ2n) is 2.48. The maximum atomic E-state index is 8.72. The average molecular weight is 157 g/mol. The van der Waals surface area contributed by atoms with Crippen LogP contribution in [0.15, 0.2) is 6.20 Å². The highest BCUT2D eigenvalue weighted by atomic mass is 14.7. The van der Waals surface area contributed by atoms with Crippen molar-refractivity contribution in [3.63, 3.8) is 0 Å². The topological polar surface area (TPSA) is 60.5 Å². The molecule has 58 valence electrons. The molecule has 0 amide bonds. The van der Waals surface area contributed by atoms with Crippen LogP contribution in [-0.2, 0) is 0 Å². The van der Waals surface area contributed by atoms with Crippen LogP contribution in [0.4, 0.5) is 0 Å². The molecular weight excluding hydrogens is 150 g/mol. The van der Waals surface area contributed by atoms with Crippen LogP contribution in [0, 0.1) is 36.5 Å². The second kappa shape index (κ2) is 3.02. The Morgan fingerprint density at radius 3 is 2.42 bits per heavy atom. The van der Waals surface area contributed by atoms with Gasteiger partial charge in [-0.05, 0) is 19.4 Å². The van der Waals surface area contributed by atoms with Gasteiger partial charge in [0.15, 0.2) is 0 Å². The number of aromatic nitrogens is 1. The molecular formula is C9H7N3. The van der Waals surface area contributed by atoms with Crippen molar-refractivity contribution in [1.29, 1.82) is 10.5 Å². The van der Waals surface area contributed by atoms with E-state index < -0.39 is 0 Å². The van der Waals surface area contributed by atoms with Gasteiger partial charge in [0.1, 0.15) is 12.1 Å². The summed E-state index contributed by atoms with van der Waals surface area (Å²) in [6.45, 7) is 3.51. The lowest BCUT2D eigenvalue weighted by Gasteiger charge is -2.01. The molecule has 1 heterocycles.